The van der Waals surface area contributed by atoms with Crippen molar-refractivity contribution in [3.05, 3.63) is 170 Å². The van der Waals surface area contributed by atoms with Gasteiger partial charge in [-0.15, -0.1) is 11.3 Å². The highest BCUT2D eigenvalue weighted by Gasteiger charge is 2.19. The molecule has 6 heteroatoms. The second-order valence-corrected chi connectivity index (χ2v) is 15.3. The van der Waals surface area contributed by atoms with Gasteiger partial charge in [0.2, 0.25) is 5.89 Å². The first-order chi connectivity index (χ1) is 27.7. The van der Waals surface area contributed by atoms with E-state index in [1.54, 1.807) is 11.3 Å². The molecule has 0 aliphatic carbocycles. The average molecular weight is 733 g/mol. The lowest BCUT2D eigenvalue weighted by atomic mass is 9.93. The molecule has 0 atom stereocenters. The zero-order chi connectivity index (χ0) is 36.7. The van der Waals surface area contributed by atoms with E-state index in [1.165, 1.54) is 25.6 Å². The third-order valence-electron chi connectivity index (χ3n) is 10.9. The molecule has 0 amide bonds. The lowest BCUT2D eigenvalue weighted by Gasteiger charge is -2.13. The zero-order valence-corrected chi connectivity index (χ0v) is 30.6. The predicted molar refractivity (Wildman–Crippen MR) is 232 cm³/mol. The molecule has 0 aliphatic rings. The zero-order valence-electron chi connectivity index (χ0n) is 29.8. The molecular formula is C50H28N4OS. The minimum absolute atomic E-state index is 0.610. The van der Waals surface area contributed by atoms with Gasteiger partial charge in [0.05, 0.1) is 0 Å². The number of hydrogen-bond donors (Lipinski definition) is 0. The van der Waals surface area contributed by atoms with Crippen LogP contribution in [-0.2, 0) is 0 Å². The Kier molecular flexibility index (Phi) is 6.73. The van der Waals surface area contributed by atoms with Gasteiger partial charge in [0.1, 0.15) is 5.52 Å². The van der Waals surface area contributed by atoms with E-state index in [9.17, 15) is 0 Å². The summed E-state index contributed by atoms with van der Waals surface area (Å²) in [5.41, 5.74) is 5.38. The molecule has 0 unspecified atom stereocenters. The number of hydrogen-bond acceptors (Lipinski definition) is 6. The summed E-state index contributed by atoms with van der Waals surface area (Å²) in [5.74, 6) is 2.50. The Labute approximate surface area is 324 Å². The standard InChI is InChI=1S/C50H28N4OS/c1-2-10-32(11-3-1)50-51-41-26-23-31-19-18-30-21-24-36-39(44(30)45(31)46(41)55-50)14-8-15-40(36)49-53-47(34-20-17-29-9-4-5-12-33(29)27-34)52-48(54-49)35-22-25-38-37-13-6-7-16-42(37)56-43(38)28-35/h1-28H. The largest absolute Gasteiger partial charge is 0.435 e. The van der Waals surface area contributed by atoms with Crippen LogP contribution in [0.4, 0.5) is 0 Å². The number of fused-ring (bicyclic) bond motifs is 11. The Morgan fingerprint density at radius 3 is 1.91 bits per heavy atom. The van der Waals surface area contributed by atoms with Crippen LogP contribution in [0.3, 0.4) is 0 Å². The molecule has 0 spiro atoms. The molecule has 0 N–H and O–H groups in total. The van der Waals surface area contributed by atoms with Crippen molar-refractivity contribution in [2.75, 3.05) is 0 Å². The predicted octanol–water partition coefficient (Wildman–Crippen LogP) is 13.7. The van der Waals surface area contributed by atoms with E-state index in [-0.39, 0.29) is 0 Å². The number of thiophene rings is 1. The van der Waals surface area contributed by atoms with Gasteiger partial charge in [0.15, 0.2) is 23.1 Å². The van der Waals surface area contributed by atoms with E-state index < -0.39 is 0 Å². The summed E-state index contributed by atoms with van der Waals surface area (Å²) in [6, 6.07) is 59.3. The molecule has 3 heterocycles. The first-order valence-electron chi connectivity index (χ1n) is 18.6. The molecule has 0 saturated carbocycles. The maximum atomic E-state index is 6.61. The van der Waals surface area contributed by atoms with Gasteiger partial charge in [-0.05, 0) is 68.7 Å². The Bertz CT molecular complexity index is 3550. The van der Waals surface area contributed by atoms with Crippen LogP contribution in [0.5, 0.6) is 0 Å². The summed E-state index contributed by atoms with van der Waals surface area (Å²) in [7, 11) is 0. The summed E-state index contributed by atoms with van der Waals surface area (Å²) >= 11 is 1.79. The van der Waals surface area contributed by atoms with Gasteiger partial charge in [0, 0.05) is 53.2 Å². The van der Waals surface area contributed by atoms with Crippen LogP contribution in [0.25, 0.3) is 120 Å². The lowest BCUT2D eigenvalue weighted by molar-refractivity contribution is 0.623. The third-order valence-corrected chi connectivity index (χ3v) is 12.1. The van der Waals surface area contributed by atoms with E-state index >= 15 is 0 Å². The summed E-state index contributed by atoms with van der Waals surface area (Å²) in [6.45, 7) is 0. The number of rotatable bonds is 4. The molecule has 3 aromatic heterocycles. The van der Waals surface area contributed by atoms with Crippen LogP contribution >= 0.6 is 11.3 Å². The summed E-state index contributed by atoms with van der Waals surface area (Å²) in [4.78, 5) is 20.6. The van der Waals surface area contributed by atoms with Crippen molar-refractivity contribution in [2.45, 2.75) is 0 Å². The van der Waals surface area contributed by atoms with Gasteiger partial charge in [-0.1, -0.05) is 133 Å². The Hall–Kier alpha value is -7.28. The molecule has 12 aromatic rings. The van der Waals surface area contributed by atoms with Crippen molar-refractivity contribution >= 4 is 85.7 Å². The van der Waals surface area contributed by atoms with Gasteiger partial charge < -0.3 is 4.42 Å². The molecule has 0 fully saturated rings. The number of benzene rings is 9. The maximum Gasteiger partial charge on any atom is 0.227 e. The molecule has 0 radical (unpaired) electrons. The van der Waals surface area contributed by atoms with Gasteiger partial charge in [-0.3, -0.25) is 0 Å². The highest BCUT2D eigenvalue weighted by molar-refractivity contribution is 7.25. The van der Waals surface area contributed by atoms with Crippen molar-refractivity contribution in [1.82, 2.24) is 19.9 Å². The summed E-state index contributed by atoms with van der Waals surface area (Å²) in [6.07, 6.45) is 0. The van der Waals surface area contributed by atoms with Crippen molar-refractivity contribution in [3.63, 3.8) is 0 Å². The number of aromatic nitrogens is 4. The van der Waals surface area contributed by atoms with Crippen molar-refractivity contribution in [2.24, 2.45) is 0 Å². The SMILES string of the molecule is c1ccc(-c2nc3ccc4ccc5ccc6c(-c7nc(-c8ccc9ccccc9c8)nc(-c8ccc9c(c8)sc8ccccc89)n7)cccc6c5c4c3o2)cc1. The van der Waals surface area contributed by atoms with Gasteiger partial charge in [-0.2, -0.15) is 0 Å². The van der Waals surface area contributed by atoms with Gasteiger partial charge >= 0.3 is 0 Å². The second-order valence-electron chi connectivity index (χ2n) is 14.2. The molecule has 9 aromatic carbocycles. The van der Waals surface area contributed by atoms with E-state index in [1.807, 2.05) is 36.4 Å². The number of oxazole rings is 1. The van der Waals surface area contributed by atoms with Crippen LogP contribution in [0.1, 0.15) is 0 Å². The Balaban J connectivity index is 1.10. The van der Waals surface area contributed by atoms with Crippen LogP contribution < -0.4 is 0 Å². The number of nitrogens with zero attached hydrogens (tertiary/aromatic N) is 4. The van der Waals surface area contributed by atoms with Crippen molar-refractivity contribution < 1.29 is 4.42 Å². The molecule has 0 aliphatic heterocycles. The van der Waals surface area contributed by atoms with E-state index in [0.717, 1.165) is 71.1 Å². The summed E-state index contributed by atoms with van der Waals surface area (Å²) < 4.78 is 9.08. The van der Waals surface area contributed by atoms with Gasteiger partial charge in [0.25, 0.3) is 0 Å². The van der Waals surface area contributed by atoms with Crippen LogP contribution in [0.15, 0.2) is 174 Å². The molecule has 0 saturated heterocycles. The first kappa shape index (κ1) is 31.1. The van der Waals surface area contributed by atoms with Crippen LogP contribution in [0.2, 0.25) is 0 Å². The molecule has 260 valence electrons. The van der Waals surface area contributed by atoms with Crippen molar-refractivity contribution in [3.8, 4) is 45.6 Å². The fraction of sp³-hybridized carbons (Fsp3) is 0. The topological polar surface area (TPSA) is 64.7 Å². The fourth-order valence-corrected chi connectivity index (χ4v) is 9.37. The van der Waals surface area contributed by atoms with Gasteiger partial charge in [-0.25, -0.2) is 19.9 Å². The minimum atomic E-state index is 0.610. The third kappa shape index (κ3) is 4.86. The average Bonchev–Trinajstić information content (AvgIpc) is 3.88. The maximum absolute atomic E-state index is 6.61. The smallest absolute Gasteiger partial charge is 0.227 e. The summed E-state index contributed by atoms with van der Waals surface area (Å²) in [5, 5.41) is 11.3. The molecule has 5 nitrogen and oxygen atoms in total. The van der Waals surface area contributed by atoms with E-state index in [2.05, 4.69) is 133 Å². The van der Waals surface area contributed by atoms with Crippen LogP contribution in [0, 0.1) is 0 Å². The monoisotopic (exact) mass is 732 g/mol. The minimum Gasteiger partial charge on any atom is -0.435 e. The highest BCUT2D eigenvalue weighted by atomic mass is 32.1. The van der Waals surface area contributed by atoms with E-state index in [4.69, 9.17) is 24.4 Å². The molecule has 56 heavy (non-hydrogen) atoms. The van der Waals surface area contributed by atoms with Crippen molar-refractivity contribution in [1.29, 1.82) is 0 Å². The first-order valence-corrected chi connectivity index (χ1v) is 19.4. The molecule has 0 bridgehead atoms. The quantitative estimate of drug-likeness (QED) is 0.169. The second kappa shape index (κ2) is 12.1. The molecular weight excluding hydrogens is 705 g/mol. The fourth-order valence-electron chi connectivity index (χ4n) is 8.22. The van der Waals surface area contributed by atoms with Crippen LogP contribution in [-0.4, -0.2) is 19.9 Å². The van der Waals surface area contributed by atoms with E-state index in [0.29, 0.717) is 23.4 Å². The lowest BCUT2D eigenvalue weighted by Crippen LogP contribution is -2.00. The highest BCUT2D eigenvalue weighted by Crippen LogP contribution is 2.41. The normalized spacial score (nSPS) is 11.9. The Morgan fingerprint density at radius 1 is 0.375 bits per heavy atom. The molecule has 12 rings (SSSR count). The Morgan fingerprint density at radius 2 is 1.02 bits per heavy atom.